The molecule has 0 spiro atoms. The van der Waals surface area contributed by atoms with Crippen molar-refractivity contribution in [2.75, 3.05) is 13.1 Å². The summed E-state index contributed by atoms with van der Waals surface area (Å²) in [5.41, 5.74) is 2.41. The van der Waals surface area contributed by atoms with Crippen molar-refractivity contribution in [3.05, 3.63) is 24.3 Å². The predicted octanol–water partition coefficient (Wildman–Crippen LogP) is 2.00. The van der Waals surface area contributed by atoms with E-state index in [0.717, 1.165) is 18.6 Å². The van der Waals surface area contributed by atoms with Crippen LogP contribution in [0.25, 0.3) is 11.0 Å². The van der Waals surface area contributed by atoms with Gasteiger partial charge < -0.3 is 9.88 Å². The van der Waals surface area contributed by atoms with Crippen molar-refractivity contribution in [1.82, 2.24) is 19.9 Å². The quantitative estimate of drug-likeness (QED) is 0.898. The number of hydrogen-bond donors (Lipinski definition) is 1. The molecule has 1 atom stereocenters. The van der Waals surface area contributed by atoms with Crippen molar-refractivity contribution in [1.29, 1.82) is 0 Å². The number of imidazole rings is 1. The molecule has 0 amide bonds. The van der Waals surface area contributed by atoms with Crippen molar-refractivity contribution in [3.8, 4) is 0 Å². The van der Waals surface area contributed by atoms with E-state index in [-0.39, 0.29) is 5.41 Å². The second-order valence-corrected chi connectivity index (χ2v) is 5.32. The first kappa shape index (κ1) is 11.7. The third kappa shape index (κ3) is 1.63. The Kier molecular flexibility index (Phi) is 2.82. The van der Waals surface area contributed by atoms with E-state index in [4.69, 9.17) is 4.98 Å². The van der Waals surface area contributed by atoms with Crippen LogP contribution in [0.4, 0.5) is 0 Å². The highest BCUT2D eigenvalue weighted by molar-refractivity contribution is 5.74. The van der Waals surface area contributed by atoms with Crippen LogP contribution in [0.3, 0.4) is 0 Å². The first-order valence-electron chi connectivity index (χ1n) is 6.74. The normalized spacial score (nSPS) is 23.9. The number of pyridine rings is 1. The number of aromatic nitrogens is 3. The molecule has 1 aliphatic heterocycles. The first-order valence-corrected chi connectivity index (χ1v) is 6.74. The van der Waals surface area contributed by atoms with Crippen LogP contribution < -0.4 is 5.32 Å². The molecule has 18 heavy (non-hydrogen) atoms. The third-order valence-corrected chi connectivity index (χ3v) is 4.13. The molecule has 2 aromatic heterocycles. The summed E-state index contributed by atoms with van der Waals surface area (Å²) in [7, 11) is 2.13. The van der Waals surface area contributed by atoms with Crippen LogP contribution in [0, 0.1) is 0 Å². The molecule has 0 bridgehead atoms. The molecule has 4 heteroatoms. The Labute approximate surface area is 107 Å². The van der Waals surface area contributed by atoms with E-state index in [2.05, 4.69) is 28.8 Å². The van der Waals surface area contributed by atoms with Gasteiger partial charge in [0.1, 0.15) is 11.3 Å². The number of nitrogens with one attached hydrogen (secondary N) is 1. The van der Waals surface area contributed by atoms with Crippen molar-refractivity contribution < 1.29 is 0 Å². The molecule has 2 aromatic rings. The van der Waals surface area contributed by atoms with Crippen LogP contribution >= 0.6 is 0 Å². The van der Waals surface area contributed by atoms with Gasteiger partial charge in [-0.05, 0) is 25.5 Å². The zero-order valence-corrected chi connectivity index (χ0v) is 11.1. The van der Waals surface area contributed by atoms with Crippen molar-refractivity contribution >= 4 is 11.0 Å². The highest BCUT2D eigenvalue weighted by Crippen LogP contribution is 2.35. The van der Waals surface area contributed by atoms with Gasteiger partial charge in [-0.15, -0.1) is 0 Å². The molecule has 0 saturated carbocycles. The maximum absolute atomic E-state index is 4.85. The lowest BCUT2D eigenvalue weighted by Gasteiger charge is -2.27. The van der Waals surface area contributed by atoms with Crippen LogP contribution in [0.15, 0.2) is 18.5 Å². The van der Waals surface area contributed by atoms with Crippen molar-refractivity contribution in [2.24, 2.45) is 7.05 Å². The van der Waals surface area contributed by atoms with Gasteiger partial charge in [-0.3, -0.25) is 4.98 Å². The number of hydrogen-bond acceptors (Lipinski definition) is 3. The average molecular weight is 244 g/mol. The number of nitrogens with zero attached hydrogens (tertiary/aromatic N) is 3. The number of fused-ring (bicyclic) bond motifs is 1. The van der Waals surface area contributed by atoms with E-state index in [9.17, 15) is 0 Å². The van der Waals surface area contributed by atoms with Gasteiger partial charge in [0, 0.05) is 25.2 Å². The summed E-state index contributed by atoms with van der Waals surface area (Å²) >= 11 is 0. The number of aryl methyl sites for hydroxylation is 1. The fraction of sp³-hybridized carbons (Fsp3) is 0.571. The molecule has 96 valence electrons. The Morgan fingerprint density at radius 3 is 3.06 bits per heavy atom. The minimum Gasteiger partial charge on any atom is -0.331 e. The molecule has 3 rings (SSSR count). The highest BCUT2D eigenvalue weighted by Gasteiger charge is 2.38. The molecule has 1 saturated heterocycles. The van der Waals surface area contributed by atoms with E-state index >= 15 is 0 Å². The first-order chi connectivity index (χ1) is 8.77. The van der Waals surface area contributed by atoms with E-state index < -0.39 is 0 Å². The topological polar surface area (TPSA) is 42.7 Å². The summed E-state index contributed by atoms with van der Waals surface area (Å²) in [5.74, 6) is 1.22. The maximum atomic E-state index is 4.85. The maximum Gasteiger partial charge on any atom is 0.117 e. The van der Waals surface area contributed by atoms with Crippen LogP contribution in [-0.2, 0) is 12.5 Å². The Morgan fingerprint density at radius 2 is 2.39 bits per heavy atom. The van der Waals surface area contributed by atoms with Crippen LogP contribution in [0.1, 0.15) is 32.0 Å². The molecule has 1 fully saturated rings. The SMILES string of the molecule is CCCC1(c2nc3cnccc3n2C)CCNC1. The monoisotopic (exact) mass is 244 g/mol. The summed E-state index contributed by atoms with van der Waals surface area (Å²) in [6, 6.07) is 2.05. The molecule has 1 unspecified atom stereocenters. The molecule has 4 nitrogen and oxygen atoms in total. The van der Waals surface area contributed by atoms with Crippen LogP contribution in [0.5, 0.6) is 0 Å². The van der Waals surface area contributed by atoms with Crippen LogP contribution in [-0.4, -0.2) is 27.6 Å². The molecule has 0 aliphatic carbocycles. The standard InChI is InChI=1S/C14H20N4/c1-3-5-14(6-8-16-10-14)13-17-11-9-15-7-4-12(11)18(13)2/h4,7,9,16H,3,5-6,8,10H2,1-2H3. The minimum absolute atomic E-state index is 0.211. The van der Waals surface area contributed by atoms with Gasteiger partial charge in [-0.2, -0.15) is 0 Å². The lowest BCUT2D eigenvalue weighted by Crippen LogP contribution is -2.32. The van der Waals surface area contributed by atoms with Gasteiger partial charge in [0.15, 0.2) is 0 Å². The largest absolute Gasteiger partial charge is 0.331 e. The summed E-state index contributed by atoms with van der Waals surface area (Å²) < 4.78 is 2.25. The molecule has 0 aromatic carbocycles. The minimum atomic E-state index is 0.211. The molecule has 3 heterocycles. The van der Waals surface area contributed by atoms with Gasteiger partial charge in [-0.25, -0.2) is 4.98 Å². The number of rotatable bonds is 3. The molecular weight excluding hydrogens is 224 g/mol. The Bertz CT molecular complexity index is 552. The Hall–Kier alpha value is -1.42. The Morgan fingerprint density at radius 1 is 1.50 bits per heavy atom. The zero-order chi connectivity index (χ0) is 12.6. The van der Waals surface area contributed by atoms with Gasteiger partial charge in [0.25, 0.3) is 0 Å². The second-order valence-electron chi connectivity index (χ2n) is 5.32. The molecular formula is C14H20N4. The van der Waals surface area contributed by atoms with E-state index in [1.54, 1.807) is 0 Å². The lowest BCUT2D eigenvalue weighted by atomic mass is 9.81. The lowest BCUT2D eigenvalue weighted by molar-refractivity contribution is 0.393. The average Bonchev–Trinajstić information content (AvgIpc) is 2.97. The fourth-order valence-electron chi connectivity index (χ4n) is 3.26. The zero-order valence-electron chi connectivity index (χ0n) is 11.1. The predicted molar refractivity (Wildman–Crippen MR) is 72.6 cm³/mol. The van der Waals surface area contributed by atoms with E-state index in [0.29, 0.717) is 0 Å². The fourth-order valence-corrected chi connectivity index (χ4v) is 3.26. The van der Waals surface area contributed by atoms with Gasteiger partial charge in [-0.1, -0.05) is 13.3 Å². The third-order valence-electron chi connectivity index (χ3n) is 4.13. The molecule has 1 aliphatic rings. The summed E-state index contributed by atoms with van der Waals surface area (Å²) in [5, 5.41) is 3.50. The Balaban J connectivity index is 2.14. The molecule has 1 N–H and O–H groups in total. The van der Waals surface area contributed by atoms with Gasteiger partial charge in [0.2, 0.25) is 0 Å². The van der Waals surface area contributed by atoms with Gasteiger partial charge >= 0.3 is 0 Å². The van der Waals surface area contributed by atoms with E-state index in [1.165, 1.54) is 30.6 Å². The van der Waals surface area contributed by atoms with Crippen molar-refractivity contribution in [2.45, 2.75) is 31.6 Å². The van der Waals surface area contributed by atoms with Gasteiger partial charge in [0.05, 0.1) is 11.7 Å². The summed E-state index contributed by atoms with van der Waals surface area (Å²) in [4.78, 5) is 9.02. The molecule has 0 radical (unpaired) electrons. The van der Waals surface area contributed by atoms with E-state index in [1.807, 2.05) is 18.5 Å². The highest BCUT2D eigenvalue weighted by atomic mass is 15.1. The smallest absolute Gasteiger partial charge is 0.117 e. The summed E-state index contributed by atoms with van der Waals surface area (Å²) in [6.07, 6.45) is 7.28. The second kappa shape index (κ2) is 4.35. The summed E-state index contributed by atoms with van der Waals surface area (Å²) in [6.45, 7) is 4.40. The van der Waals surface area contributed by atoms with Crippen molar-refractivity contribution in [3.63, 3.8) is 0 Å². The van der Waals surface area contributed by atoms with Crippen LogP contribution in [0.2, 0.25) is 0 Å².